The van der Waals surface area contributed by atoms with E-state index >= 15 is 0 Å². The van der Waals surface area contributed by atoms with Crippen LogP contribution in [0.4, 0.5) is 10.5 Å². The Hall–Kier alpha value is -1.69. The van der Waals surface area contributed by atoms with Gasteiger partial charge in [0.25, 0.3) is 5.24 Å². The van der Waals surface area contributed by atoms with Crippen LogP contribution < -0.4 is 10.5 Å². The Morgan fingerprint density at radius 3 is 2.89 bits per heavy atom. The van der Waals surface area contributed by atoms with Gasteiger partial charge in [-0.3, -0.25) is 14.5 Å². The molecule has 102 valence electrons. The number of amides is 2. The molecule has 19 heavy (non-hydrogen) atoms. The van der Waals surface area contributed by atoms with E-state index in [1.807, 2.05) is 6.92 Å². The highest BCUT2D eigenvalue weighted by molar-refractivity contribution is 8.13. The number of hydrogen-bond acceptors (Lipinski definition) is 5. The monoisotopic (exact) mass is 280 g/mol. The van der Waals surface area contributed by atoms with E-state index in [0.717, 1.165) is 5.56 Å². The number of benzene rings is 1. The van der Waals surface area contributed by atoms with Crippen LogP contribution in [0.3, 0.4) is 0 Å². The molecule has 1 aliphatic rings. The number of anilines is 1. The highest BCUT2D eigenvalue weighted by atomic mass is 32.2. The lowest BCUT2D eigenvalue weighted by molar-refractivity contribution is -0.128. The fourth-order valence-corrected chi connectivity index (χ4v) is 2.66. The van der Waals surface area contributed by atoms with Crippen LogP contribution in [-0.4, -0.2) is 28.4 Å². The minimum absolute atomic E-state index is 0.145. The van der Waals surface area contributed by atoms with Crippen molar-refractivity contribution >= 4 is 28.6 Å². The number of nitrogens with two attached hydrogens (primary N) is 1. The Morgan fingerprint density at radius 2 is 2.21 bits per heavy atom. The average Bonchev–Trinajstić information content (AvgIpc) is 2.37. The molecule has 0 unspecified atom stereocenters. The number of hydrogen-bond donors (Lipinski definition) is 1. The van der Waals surface area contributed by atoms with Crippen molar-refractivity contribution in [2.45, 2.75) is 19.9 Å². The van der Waals surface area contributed by atoms with Crippen LogP contribution in [0.15, 0.2) is 18.2 Å². The Balaban J connectivity index is 2.23. The predicted octanol–water partition coefficient (Wildman–Crippen LogP) is 2.25. The summed E-state index contributed by atoms with van der Waals surface area (Å²) in [4.78, 5) is 24.8. The molecule has 5 nitrogen and oxygen atoms in total. The number of carbonyl (C=O) groups is 2. The zero-order valence-electron chi connectivity index (χ0n) is 10.7. The van der Waals surface area contributed by atoms with E-state index in [1.54, 1.807) is 18.2 Å². The number of ether oxygens (including phenoxy) is 1. The third kappa shape index (κ3) is 3.20. The lowest BCUT2D eigenvalue weighted by atomic mass is 10.1. The molecule has 0 radical (unpaired) electrons. The minimum Gasteiger partial charge on any atom is -0.494 e. The number of rotatable bonds is 4. The van der Waals surface area contributed by atoms with Crippen LogP contribution in [0.2, 0.25) is 0 Å². The summed E-state index contributed by atoms with van der Waals surface area (Å²) < 4.78 is 5.49. The highest BCUT2D eigenvalue weighted by Gasteiger charge is 2.27. The molecule has 1 aliphatic heterocycles. The van der Waals surface area contributed by atoms with Crippen LogP contribution in [0, 0.1) is 0 Å². The van der Waals surface area contributed by atoms with Crippen LogP contribution in [0.5, 0.6) is 5.75 Å². The number of thioether (sulfide) groups is 1. The van der Waals surface area contributed by atoms with E-state index < -0.39 is 0 Å². The van der Waals surface area contributed by atoms with E-state index in [9.17, 15) is 9.59 Å². The van der Waals surface area contributed by atoms with Gasteiger partial charge in [-0.1, -0.05) is 11.8 Å². The van der Waals surface area contributed by atoms with Crippen molar-refractivity contribution in [3.05, 3.63) is 23.8 Å². The Labute approximate surface area is 116 Å². The molecule has 1 aromatic carbocycles. The fourth-order valence-electron chi connectivity index (χ4n) is 1.88. The summed E-state index contributed by atoms with van der Waals surface area (Å²) in [5, 5.41) is -0.207. The molecule has 1 heterocycles. The lowest BCUT2D eigenvalue weighted by Crippen LogP contribution is -2.37. The average molecular weight is 280 g/mol. The summed E-state index contributed by atoms with van der Waals surface area (Å²) in [5.41, 5.74) is 7.09. The van der Waals surface area contributed by atoms with Crippen molar-refractivity contribution in [1.29, 1.82) is 0 Å². The van der Waals surface area contributed by atoms with Crippen molar-refractivity contribution in [1.82, 2.24) is 4.90 Å². The van der Waals surface area contributed by atoms with Gasteiger partial charge in [0, 0.05) is 23.4 Å². The van der Waals surface area contributed by atoms with Crippen molar-refractivity contribution in [3.8, 4) is 5.75 Å². The first kappa shape index (κ1) is 13.7. The molecule has 2 amide bonds. The standard InChI is InChI=1S/C13H16N2O3S/c1-2-18-11-4-3-10(14)7-9(11)8-15-12(16)5-6-19-13(15)17/h3-4,7H,2,5-6,8,14H2,1H3. The van der Waals surface area contributed by atoms with E-state index in [-0.39, 0.29) is 17.7 Å². The van der Waals surface area contributed by atoms with Gasteiger partial charge in [0.15, 0.2) is 0 Å². The second-order valence-corrected chi connectivity index (χ2v) is 5.19. The zero-order chi connectivity index (χ0) is 13.8. The fraction of sp³-hybridized carbons (Fsp3) is 0.385. The quantitative estimate of drug-likeness (QED) is 0.856. The van der Waals surface area contributed by atoms with E-state index in [4.69, 9.17) is 10.5 Å². The minimum atomic E-state index is -0.207. The number of imide groups is 1. The molecule has 2 rings (SSSR count). The van der Waals surface area contributed by atoms with Crippen molar-refractivity contribution < 1.29 is 14.3 Å². The molecule has 0 atom stereocenters. The third-order valence-corrected chi connectivity index (χ3v) is 3.65. The van der Waals surface area contributed by atoms with Gasteiger partial charge in [0.1, 0.15) is 5.75 Å². The molecule has 1 saturated heterocycles. The second-order valence-electron chi connectivity index (χ2n) is 4.14. The van der Waals surface area contributed by atoms with Gasteiger partial charge in [0.05, 0.1) is 13.2 Å². The molecule has 2 N–H and O–H groups in total. The SMILES string of the molecule is CCOc1ccc(N)cc1CN1C(=O)CCSC1=O. The number of carbonyl (C=O) groups excluding carboxylic acids is 2. The van der Waals surface area contributed by atoms with E-state index in [1.165, 1.54) is 16.7 Å². The molecular weight excluding hydrogens is 264 g/mol. The first-order chi connectivity index (χ1) is 9.11. The van der Waals surface area contributed by atoms with Crippen LogP contribution in [0.25, 0.3) is 0 Å². The van der Waals surface area contributed by atoms with Gasteiger partial charge < -0.3 is 10.5 Å². The molecule has 0 aliphatic carbocycles. The summed E-state index contributed by atoms with van der Waals surface area (Å²) in [7, 11) is 0. The number of nitrogens with zero attached hydrogens (tertiary/aromatic N) is 1. The zero-order valence-corrected chi connectivity index (χ0v) is 11.5. The van der Waals surface area contributed by atoms with Crippen molar-refractivity contribution in [2.75, 3.05) is 18.1 Å². The number of nitrogen functional groups attached to an aromatic ring is 1. The maximum Gasteiger partial charge on any atom is 0.288 e. The Kier molecular flexibility index (Phi) is 4.31. The first-order valence-corrected chi connectivity index (χ1v) is 7.08. The van der Waals surface area contributed by atoms with Gasteiger partial charge in [-0.25, -0.2) is 0 Å². The highest BCUT2D eigenvalue weighted by Crippen LogP contribution is 2.26. The summed E-state index contributed by atoms with van der Waals surface area (Å²) in [6.07, 6.45) is 0.392. The smallest absolute Gasteiger partial charge is 0.288 e. The maximum atomic E-state index is 11.8. The van der Waals surface area contributed by atoms with E-state index in [0.29, 0.717) is 30.2 Å². The van der Waals surface area contributed by atoms with Gasteiger partial charge in [-0.05, 0) is 25.1 Å². The van der Waals surface area contributed by atoms with Gasteiger partial charge in [-0.2, -0.15) is 0 Å². The van der Waals surface area contributed by atoms with Crippen molar-refractivity contribution in [3.63, 3.8) is 0 Å². The topological polar surface area (TPSA) is 72.6 Å². The normalized spacial score (nSPS) is 15.7. The maximum absolute atomic E-state index is 11.8. The third-order valence-electron chi connectivity index (χ3n) is 2.78. The van der Waals surface area contributed by atoms with Crippen LogP contribution >= 0.6 is 11.8 Å². The summed E-state index contributed by atoms with van der Waals surface area (Å²) >= 11 is 1.17. The summed E-state index contributed by atoms with van der Waals surface area (Å²) in [6, 6.07) is 5.24. The first-order valence-electron chi connectivity index (χ1n) is 6.10. The molecule has 6 heteroatoms. The molecule has 0 aromatic heterocycles. The van der Waals surface area contributed by atoms with Gasteiger partial charge in [0.2, 0.25) is 5.91 Å². The molecule has 0 saturated carbocycles. The van der Waals surface area contributed by atoms with Crippen LogP contribution in [0.1, 0.15) is 18.9 Å². The largest absolute Gasteiger partial charge is 0.494 e. The Bertz CT molecular complexity index is 489. The molecule has 0 spiro atoms. The lowest BCUT2D eigenvalue weighted by Gasteiger charge is -2.25. The molecule has 0 bridgehead atoms. The van der Waals surface area contributed by atoms with E-state index in [2.05, 4.69) is 0 Å². The second kappa shape index (κ2) is 5.97. The summed E-state index contributed by atoms with van der Waals surface area (Å²) in [5.74, 6) is 1.07. The summed E-state index contributed by atoms with van der Waals surface area (Å²) in [6.45, 7) is 2.62. The molecule has 1 fully saturated rings. The predicted molar refractivity (Wildman–Crippen MR) is 75.0 cm³/mol. The molecular formula is C13H16N2O3S. The molecule has 1 aromatic rings. The van der Waals surface area contributed by atoms with Gasteiger partial charge in [-0.15, -0.1) is 0 Å². The van der Waals surface area contributed by atoms with Crippen molar-refractivity contribution in [2.24, 2.45) is 0 Å². The van der Waals surface area contributed by atoms with Crippen LogP contribution in [-0.2, 0) is 11.3 Å². The van der Waals surface area contributed by atoms with Gasteiger partial charge >= 0.3 is 0 Å². The Morgan fingerprint density at radius 1 is 1.42 bits per heavy atom.